The van der Waals surface area contributed by atoms with Crippen LogP contribution in [0.2, 0.25) is 0 Å². The first-order valence-corrected chi connectivity index (χ1v) is 10.4. The summed E-state index contributed by atoms with van der Waals surface area (Å²) in [5, 5.41) is 3.87. The van der Waals surface area contributed by atoms with Crippen LogP contribution in [0.15, 0.2) is 48.5 Å². The van der Waals surface area contributed by atoms with Gasteiger partial charge in [0, 0.05) is 0 Å². The van der Waals surface area contributed by atoms with Gasteiger partial charge >= 0.3 is 0 Å². The zero-order valence-corrected chi connectivity index (χ0v) is 17.8. The molecule has 29 heavy (non-hydrogen) atoms. The van der Waals surface area contributed by atoms with E-state index in [1.54, 1.807) is 30.1 Å². The summed E-state index contributed by atoms with van der Waals surface area (Å²) in [4.78, 5) is 34.2. The Morgan fingerprint density at radius 1 is 1.21 bits per heavy atom. The van der Waals surface area contributed by atoms with E-state index < -0.39 is 5.54 Å². The van der Waals surface area contributed by atoms with Crippen LogP contribution in [-0.4, -0.2) is 40.8 Å². The molecule has 0 aliphatic carbocycles. The smallest absolute Gasteiger partial charge is 0.250 e. The van der Waals surface area contributed by atoms with E-state index in [0.29, 0.717) is 5.69 Å². The molecular formula is C22H24N4O2S. The van der Waals surface area contributed by atoms with Gasteiger partial charge in [0.25, 0.3) is 0 Å². The maximum atomic E-state index is 13.3. The second-order valence-corrected chi connectivity index (χ2v) is 8.93. The van der Waals surface area contributed by atoms with E-state index in [9.17, 15) is 9.59 Å². The average Bonchev–Trinajstić information content (AvgIpc) is 3.12. The van der Waals surface area contributed by atoms with Gasteiger partial charge in [-0.05, 0) is 52.1 Å². The minimum absolute atomic E-state index is 0.0201. The zero-order chi connectivity index (χ0) is 20.8. The molecule has 4 rings (SSSR count). The predicted molar refractivity (Wildman–Crippen MR) is 117 cm³/mol. The molecule has 0 spiro atoms. The highest BCUT2D eigenvalue weighted by Gasteiger charge is 2.43. The molecular weight excluding hydrogens is 384 g/mol. The van der Waals surface area contributed by atoms with Gasteiger partial charge in [-0.2, -0.15) is 0 Å². The van der Waals surface area contributed by atoms with Crippen molar-refractivity contribution in [1.82, 2.24) is 9.88 Å². The number of carbonyl (C=O) groups excluding carboxylic acids is 2. The Hall–Kier alpha value is -2.77. The summed E-state index contributed by atoms with van der Waals surface area (Å²) >= 11 is 1.64. The molecule has 2 aromatic carbocycles. The molecule has 0 saturated carbocycles. The van der Waals surface area contributed by atoms with Gasteiger partial charge in [0.05, 0.1) is 34.2 Å². The summed E-state index contributed by atoms with van der Waals surface area (Å²) in [7, 11) is 1.91. The number of nitrogens with one attached hydrogen (secondary N) is 1. The van der Waals surface area contributed by atoms with Crippen LogP contribution in [-0.2, 0) is 9.59 Å². The van der Waals surface area contributed by atoms with Gasteiger partial charge < -0.3 is 5.32 Å². The molecule has 2 heterocycles. The number of thiazole rings is 1. The lowest BCUT2D eigenvalue weighted by Crippen LogP contribution is -2.60. The maximum absolute atomic E-state index is 13.3. The number of rotatable bonds is 4. The standard InChI is InChI=1S/C22H24N4O2S/c1-14(20-23-16-10-6-8-12-18(16)29-20)25(4)13-19(27)26-17-11-7-5-9-15(17)24-21(28)22(26,2)3/h5-12,14H,13H2,1-4H3,(H,24,28)/t14-/m1/s1. The number of aromatic nitrogens is 1. The number of hydrogen-bond donors (Lipinski definition) is 1. The summed E-state index contributed by atoms with van der Waals surface area (Å²) in [6.07, 6.45) is 0. The van der Waals surface area contributed by atoms with Crippen LogP contribution in [0.4, 0.5) is 11.4 Å². The van der Waals surface area contributed by atoms with Crippen LogP contribution in [0.25, 0.3) is 10.2 Å². The molecule has 0 unspecified atom stereocenters. The van der Waals surface area contributed by atoms with E-state index in [-0.39, 0.29) is 24.4 Å². The lowest BCUT2D eigenvalue weighted by atomic mass is 9.96. The van der Waals surface area contributed by atoms with Gasteiger partial charge in [-0.3, -0.25) is 19.4 Å². The van der Waals surface area contributed by atoms with E-state index in [0.717, 1.165) is 20.9 Å². The van der Waals surface area contributed by atoms with Crippen molar-refractivity contribution in [3.8, 4) is 0 Å². The van der Waals surface area contributed by atoms with Gasteiger partial charge in [0.1, 0.15) is 10.5 Å². The maximum Gasteiger partial charge on any atom is 0.250 e. The Balaban J connectivity index is 1.58. The van der Waals surface area contributed by atoms with Crippen LogP contribution < -0.4 is 10.2 Å². The second kappa shape index (κ2) is 7.24. The quantitative estimate of drug-likeness (QED) is 0.707. The number of amides is 2. The predicted octanol–water partition coefficient (Wildman–Crippen LogP) is 4.05. The Labute approximate surface area is 174 Å². The SMILES string of the molecule is C[C@H](c1nc2ccccc2s1)N(C)CC(=O)N1c2ccccc2NC(=O)C1(C)C. The molecule has 7 heteroatoms. The lowest BCUT2D eigenvalue weighted by Gasteiger charge is -2.42. The molecule has 0 fully saturated rings. The minimum Gasteiger partial charge on any atom is -0.322 e. The molecule has 150 valence electrons. The molecule has 0 radical (unpaired) electrons. The average molecular weight is 409 g/mol. The van der Waals surface area contributed by atoms with Crippen LogP contribution >= 0.6 is 11.3 Å². The van der Waals surface area contributed by atoms with Crippen LogP contribution in [0.3, 0.4) is 0 Å². The number of hydrogen-bond acceptors (Lipinski definition) is 5. The Bertz CT molecular complexity index is 1060. The number of carbonyl (C=O) groups is 2. The van der Waals surface area contributed by atoms with Crippen molar-refractivity contribution < 1.29 is 9.59 Å². The third-order valence-corrected chi connectivity index (χ3v) is 6.68. The third-order valence-electron chi connectivity index (χ3n) is 5.47. The summed E-state index contributed by atoms with van der Waals surface area (Å²) < 4.78 is 1.14. The van der Waals surface area contributed by atoms with Gasteiger partial charge in [0.15, 0.2) is 0 Å². The highest BCUT2D eigenvalue weighted by atomic mass is 32.1. The van der Waals surface area contributed by atoms with E-state index in [1.165, 1.54) is 0 Å². The largest absolute Gasteiger partial charge is 0.322 e. The molecule has 1 aromatic heterocycles. The van der Waals surface area contributed by atoms with Crippen molar-refractivity contribution in [3.05, 3.63) is 53.5 Å². The van der Waals surface area contributed by atoms with Crippen molar-refractivity contribution in [1.29, 1.82) is 0 Å². The molecule has 0 bridgehead atoms. The number of benzene rings is 2. The summed E-state index contributed by atoms with van der Waals surface area (Å²) in [5.74, 6) is -0.306. The number of anilines is 2. The summed E-state index contributed by atoms with van der Waals surface area (Å²) in [6, 6.07) is 15.4. The Morgan fingerprint density at radius 3 is 2.66 bits per heavy atom. The molecule has 0 saturated heterocycles. The first kappa shape index (κ1) is 19.5. The fraction of sp³-hybridized carbons (Fsp3) is 0.318. The highest BCUT2D eigenvalue weighted by Crippen LogP contribution is 2.37. The third kappa shape index (κ3) is 3.41. The minimum atomic E-state index is -0.967. The van der Waals surface area contributed by atoms with Crippen molar-refractivity contribution in [2.45, 2.75) is 32.4 Å². The monoisotopic (exact) mass is 408 g/mol. The molecule has 1 N–H and O–H groups in total. The van der Waals surface area contributed by atoms with Gasteiger partial charge in [-0.15, -0.1) is 11.3 Å². The molecule has 2 amide bonds. The van der Waals surface area contributed by atoms with Crippen LogP contribution in [0, 0.1) is 0 Å². The number of para-hydroxylation sites is 3. The summed E-state index contributed by atoms with van der Waals surface area (Å²) in [5.41, 5.74) is 1.39. The molecule has 1 atom stereocenters. The van der Waals surface area contributed by atoms with Crippen molar-refractivity contribution in [2.24, 2.45) is 0 Å². The molecule has 1 aliphatic rings. The Morgan fingerprint density at radius 2 is 1.90 bits per heavy atom. The van der Waals surface area contributed by atoms with Crippen molar-refractivity contribution in [2.75, 3.05) is 23.8 Å². The topological polar surface area (TPSA) is 65.5 Å². The van der Waals surface area contributed by atoms with Gasteiger partial charge in [0.2, 0.25) is 11.8 Å². The normalized spacial score (nSPS) is 16.6. The number of nitrogens with zero attached hydrogens (tertiary/aromatic N) is 3. The van der Waals surface area contributed by atoms with Crippen molar-refractivity contribution in [3.63, 3.8) is 0 Å². The molecule has 3 aromatic rings. The van der Waals surface area contributed by atoms with Gasteiger partial charge in [-0.1, -0.05) is 24.3 Å². The van der Waals surface area contributed by atoms with E-state index >= 15 is 0 Å². The fourth-order valence-corrected chi connectivity index (χ4v) is 4.66. The number of fused-ring (bicyclic) bond motifs is 2. The highest BCUT2D eigenvalue weighted by molar-refractivity contribution is 7.18. The van der Waals surface area contributed by atoms with E-state index in [1.807, 2.05) is 61.3 Å². The van der Waals surface area contributed by atoms with E-state index in [4.69, 9.17) is 4.98 Å². The van der Waals surface area contributed by atoms with E-state index in [2.05, 4.69) is 11.4 Å². The Kier molecular flexibility index (Phi) is 4.88. The first-order valence-electron chi connectivity index (χ1n) is 9.58. The summed E-state index contributed by atoms with van der Waals surface area (Å²) in [6.45, 7) is 5.77. The number of likely N-dealkylation sites (N-methyl/N-ethyl adjacent to an activating group) is 1. The second-order valence-electron chi connectivity index (χ2n) is 7.87. The van der Waals surface area contributed by atoms with Crippen LogP contribution in [0.5, 0.6) is 0 Å². The van der Waals surface area contributed by atoms with Gasteiger partial charge in [-0.25, -0.2) is 4.98 Å². The van der Waals surface area contributed by atoms with Crippen molar-refractivity contribution >= 4 is 44.7 Å². The molecule has 1 aliphatic heterocycles. The lowest BCUT2D eigenvalue weighted by molar-refractivity contribution is -0.127. The fourth-order valence-electron chi connectivity index (χ4n) is 3.58. The zero-order valence-electron chi connectivity index (χ0n) is 17.0. The molecule has 6 nitrogen and oxygen atoms in total. The first-order chi connectivity index (χ1) is 13.8. The van der Waals surface area contributed by atoms with Crippen LogP contribution in [0.1, 0.15) is 31.8 Å².